The summed E-state index contributed by atoms with van der Waals surface area (Å²) in [4.78, 5) is 26.3. The third-order valence-corrected chi connectivity index (χ3v) is 4.69. The van der Waals surface area contributed by atoms with E-state index < -0.39 is 5.76 Å². The number of hydrogen-bond acceptors (Lipinski definition) is 5. The van der Waals surface area contributed by atoms with Crippen molar-refractivity contribution in [2.24, 2.45) is 0 Å². The predicted molar refractivity (Wildman–Crippen MR) is 107 cm³/mol. The molecule has 4 aromatic rings. The van der Waals surface area contributed by atoms with Gasteiger partial charge in [0.1, 0.15) is 0 Å². The molecular weight excluding hydrogens is 426 g/mol. The van der Waals surface area contributed by atoms with Gasteiger partial charge in [0, 0.05) is 15.7 Å². The van der Waals surface area contributed by atoms with E-state index >= 15 is 0 Å². The average Bonchev–Trinajstić information content (AvgIpc) is 3.29. The maximum atomic E-state index is 12.7. The smallest absolute Gasteiger partial charge is 0.322 e. The Morgan fingerprint density at radius 1 is 1.21 bits per heavy atom. The van der Waals surface area contributed by atoms with E-state index in [-0.39, 0.29) is 5.91 Å². The summed E-state index contributed by atoms with van der Waals surface area (Å²) in [6, 6.07) is 14.6. The molecule has 0 aliphatic heterocycles. The molecule has 28 heavy (non-hydrogen) atoms. The third kappa shape index (κ3) is 3.52. The zero-order valence-electron chi connectivity index (χ0n) is 14.6. The first-order chi connectivity index (χ1) is 13.5. The van der Waals surface area contributed by atoms with E-state index in [2.05, 4.69) is 41.0 Å². The molecule has 2 aromatic heterocycles. The molecule has 0 saturated carbocycles. The van der Waals surface area contributed by atoms with E-state index in [1.54, 1.807) is 28.9 Å². The van der Waals surface area contributed by atoms with E-state index in [4.69, 9.17) is 0 Å². The summed E-state index contributed by atoms with van der Waals surface area (Å²) in [7, 11) is 0. The van der Waals surface area contributed by atoms with Crippen LogP contribution in [-0.2, 0) is 0 Å². The fourth-order valence-corrected chi connectivity index (χ4v) is 3.04. The molecule has 0 aliphatic rings. The zero-order chi connectivity index (χ0) is 19.7. The molecule has 1 amide bonds. The Morgan fingerprint density at radius 2 is 2.00 bits per heavy atom. The molecule has 0 radical (unpaired) electrons. The van der Waals surface area contributed by atoms with Crippen molar-refractivity contribution in [3.8, 4) is 17.1 Å². The summed E-state index contributed by atoms with van der Waals surface area (Å²) >= 11 is 3.40. The van der Waals surface area contributed by atoms with Crippen LogP contribution >= 0.6 is 15.9 Å². The number of carbonyl (C=O) groups is 1. The van der Waals surface area contributed by atoms with Gasteiger partial charge in [0.15, 0.2) is 5.82 Å². The molecule has 0 fully saturated rings. The Morgan fingerprint density at radius 3 is 2.71 bits per heavy atom. The molecule has 8 nitrogen and oxygen atoms in total. The maximum Gasteiger partial charge on any atom is 0.439 e. The molecule has 2 N–H and O–H groups in total. The number of anilines is 1. The van der Waals surface area contributed by atoms with Gasteiger partial charge in [0.25, 0.3) is 5.91 Å². The fraction of sp³-hybridized carbons (Fsp3) is 0.0526. The Balaban J connectivity index is 1.58. The van der Waals surface area contributed by atoms with E-state index in [9.17, 15) is 9.59 Å². The summed E-state index contributed by atoms with van der Waals surface area (Å²) in [5, 5.41) is 10.8. The summed E-state index contributed by atoms with van der Waals surface area (Å²) in [6.45, 7) is 1.83. The lowest BCUT2D eigenvalue weighted by Crippen LogP contribution is -2.13. The van der Waals surface area contributed by atoms with Crippen LogP contribution in [0.15, 0.2) is 68.5 Å². The van der Waals surface area contributed by atoms with Gasteiger partial charge in [-0.2, -0.15) is 5.10 Å². The number of nitrogens with one attached hydrogen (secondary N) is 2. The van der Waals surface area contributed by atoms with Gasteiger partial charge in [-0.25, -0.2) is 9.48 Å². The van der Waals surface area contributed by atoms with E-state index in [1.165, 1.54) is 6.20 Å². The minimum atomic E-state index is -0.639. The largest absolute Gasteiger partial charge is 0.439 e. The molecule has 0 saturated heterocycles. The third-order valence-electron chi connectivity index (χ3n) is 4.16. The van der Waals surface area contributed by atoms with Crippen molar-refractivity contribution in [3.05, 3.63) is 81.0 Å². The van der Waals surface area contributed by atoms with Crippen molar-refractivity contribution in [1.82, 2.24) is 19.9 Å². The van der Waals surface area contributed by atoms with Gasteiger partial charge >= 0.3 is 5.76 Å². The number of H-pyrrole nitrogens is 1. The number of amides is 1. The molecule has 9 heteroatoms. The van der Waals surface area contributed by atoms with Crippen molar-refractivity contribution in [2.45, 2.75) is 6.92 Å². The van der Waals surface area contributed by atoms with Crippen LogP contribution < -0.4 is 11.1 Å². The second-order valence-electron chi connectivity index (χ2n) is 6.01. The number of nitrogens with zero attached hydrogens (tertiary/aromatic N) is 3. The molecule has 4 rings (SSSR count). The highest BCUT2D eigenvalue weighted by molar-refractivity contribution is 9.10. The monoisotopic (exact) mass is 439 g/mol. The van der Waals surface area contributed by atoms with Gasteiger partial charge in [-0.15, -0.1) is 0 Å². The van der Waals surface area contributed by atoms with Crippen molar-refractivity contribution in [2.75, 3.05) is 5.32 Å². The maximum absolute atomic E-state index is 12.7. The van der Waals surface area contributed by atoms with Crippen molar-refractivity contribution in [3.63, 3.8) is 0 Å². The highest BCUT2D eigenvalue weighted by Crippen LogP contribution is 2.21. The molecular formula is C19H14BrN5O3. The number of aromatic amines is 1. The zero-order valence-corrected chi connectivity index (χ0v) is 16.2. The summed E-state index contributed by atoms with van der Waals surface area (Å²) in [5.41, 5.74) is 3.21. The Hall–Kier alpha value is -3.46. The minimum absolute atomic E-state index is 0.286. The minimum Gasteiger partial charge on any atom is -0.322 e. The highest BCUT2D eigenvalue weighted by atomic mass is 79.9. The molecule has 0 unspecified atom stereocenters. The van der Waals surface area contributed by atoms with Gasteiger partial charge < -0.3 is 5.32 Å². The van der Waals surface area contributed by atoms with Crippen molar-refractivity contribution in [1.29, 1.82) is 0 Å². The second-order valence-corrected chi connectivity index (χ2v) is 6.93. The summed E-state index contributed by atoms with van der Waals surface area (Å²) < 4.78 is 7.19. The lowest BCUT2D eigenvalue weighted by molar-refractivity contribution is 0.102. The molecule has 0 atom stereocenters. The van der Waals surface area contributed by atoms with E-state index in [0.717, 1.165) is 15.9 Å². The Bertz CT molecular complexity index is 1210. The number of hydrogen-bond donors (Lipinski definition) is 2. The van der Waals surface area contributed by atoms with Crippen LogP contribution in [0.3, 0.4) is 0 Å². The van der Waals surface area contributed by atoms with Crippen LogP contribution in [0.4, 0.5) is 5.69 Å². The first kappa shape index (κ1) is 17.9. The number of aromatic nitrogens is 4. The quantitative estimate of drug-likeness (QED) is 0.505. The summed E-state index contributed by atoms with van der Waals surface area (Å²) in [5.74, 6) is -0.632. The molecule has 2 aromatic carbocycles. The van der Waals surface area contributed by atoms with Gasteiger partial charge in [0.2, 0.25) is 0 Å². The molecule has 140 valence electrons. The normalized spacial score (nSPS) is 10.8. The predicted octanol–water partition coefficient (Wildman–Crippen LogP) is 3.54. The fourth-order valence-electron chi connectivity index (χ4n) is 2.77. The van der Waals surface area contributed by atoms with Crippen LogP contribution in [0, 0.1) is 6.92 Å². The first-order valence-corrected chi connectivity index (χ1v) is 9.09. The van der Waals surface area contributed by atoms with Crippen molar-refractivity contribution >= 4 is 27.5 Å². The number of halogens is 1. The average molecular weight is 440 g/mol. The van der Waals surface area contributed by atoms with Crippen LogP contribution in [0.2, 0.25) is 0 Å². The van der Waals surface area contributed by atoms with E-state index in [0.29, 0.717) is 22.6 Å². The molecule has 0 bridgehead atoms. The standard InChI is InChI=1S/C19H14BrN5O3/c1-11-16(10-21-25(11)15-7-5-13(20)6-8-15)18(26)22-14-4-2-3-12(9-14)17-23-19(27)28-24-17/h2-10H,1H3,(H,22,26)(H,23,24,27). The SMILES string of the molecule is Cc1c(C(=O)Nc2cccc(-c3noc(=O)[nH]3)c2)cnn1-c1ccc(Br)cc1. The van der Waals surface area contributed by atoms with Gasteiger partial charge in [-0.1, -0.05) is 33.2 Å². The lowest BCUT2D eigenvalue weighted by Gasteiger charge is -2.07. The summed E-state index contributed by atoms with van der Waals surface area (Å²) in [6.07, 6.45) is 1.53. The van der Waals surface area contributed by atoms with Crippen LogP contribution in [0.25, 0.3) is 17.1 Å². The molecule has 0 aliphatic carbocycles. The second kappa shape index (κ2) is 7.28. The topological polar surface area (TPSA) is 106 Å². The number of carbonyl (C=O) groups excluding carboxylic acids is 1. The Kier molecular flexibility index (Phi) is 4.66. The highest BCUT2D eigenvalue weighted by Gasteiger charge is 2.16. The molecule has 0 spiro atoms. The van der Waals surface area contributed by atoms with Crippen molar-refractivity contribution < 1.29 is 9.32 Å². The van der Waals surface area contributed by atoms with Crippen LogP contribution in [0.1, 0.15) is 16.1 Å². The van der Waals surface area contributed by atoms with Gasteiger partial charge in [-0.3, -0.25) is 14.3 Å². The lowest BCUT2D eigenvalue weighted by atomic mass is 10.1. The van der Waals surface area contributed by atoms with Crippen LogP contribution in [0.5, 0.6) is 0 Å². The number of benzene rings is 2. The molecule has 2 heterocycles. The van der Waals surface area contributed by atoms with Crippen LogP contribution in [-0.4, -0.2) is 25.8 Å². The number of rotatable bonds is 4. The van der Waals surface area contributed by atoms with Gasteiger partial charge in [0.05, 0.1) is 23.1 Å². The Labute approximate surface area is 167 Å². The first-order valence-electron chi connectivity index (χ1n) is 8.29. The van der Waals surface area contributed by atoms with Gasteiger partial charge in [-0.05, 0) is 43.3 Å². The van der Waals surface area contributed by atoms with E-state index in [1.807, 2.05) is 31.2 Å².